The van der Waals surface area contributed by atoms with E-state index in [0.717, 1.165) is 17.0 Å². The number of halogens is 2. The van der Waals surface area contributed by atoms with Gasteiger partial charge in [0, 0.05) is 33.7 Å². The Balaban J connectivity index is 1.69. The third kappa shape index (κ3) is 4.21. The smallest absolute Gasteiger partial charge is 0.247 e. The second-order valence-electron chi connectivity index (χ2n) is 5.74. The van der Waals surface area contributed by atoms with E-state index in [1.165, 1.54) is 0 Å². The third-order valence-corrected chi connectivity index (χ3v) is 4.39. The number of anilines is 1. The minimum absolute atomic E-state index is 0.147. The molecule has 0 radical (unpaired) electrons. The van der Waals surface area contributed by atoms with Gasteiger partial charge in [0.05, 0.1) is 6.54 Å². The fraction of sp³-hybridized carbons (Fsp3) is 0.235. The fourth-order valence-electron chi connectivity index (χ4n) is 2.43. The molecular formula is C17H17Cl2N5O. The van der Waals surface area contributed by atoms with E-state index in [0.29, 0.717) is 22.4 Å². The Kier molecular flexibility index (Phi) is 5.11. The van der Waals surface area contributed by atoms with Crippen LogP contribution in [0.3, 0.4) is 0 Å². The minimum Gasteiger partial charge on any atom is -0.308 e. The summed E-state index contributed by atoms with van der Waals surface area (Å²) in [5.74, 6) is 0.318. The molecule has 0 aliphatic carbocycles. The first-order valence-corrected chi connectivity index (χ1v) is 8.44. The molecule has 3 rings (SSSR count). The number of nitrogens with zero attached hydrogens (tertiary/aromatic N) is 4. The first-order chi connectivity index (χ1) is 11.9. The van der Waals surface area contributed by atoms with Crippen LogP contribution in [0.15, 0.2) is 36.5 Å². The predicted octanol–water partition coefficient (Wildman–Crippen LogP) is 3.69. The highest BCUT2D eigenvalue weighted by atomic mass is 35.5. The molecule has 25 heavy (non-hydrogen) atoms. The molecule has 2 heterocycles. The Morgan fingerprint density at radius 1 is 1.12 bits per heavy atom. The van der Waals surface area contributed by atoms with Gasteiger partial charge in [-0.3, -0.25) is 14.2 Å². The van der Waals surface area contributed by atoms with Crippen LogP contribution in [0.25, 0.3) is 0 Å². The van der Waals surface area contributed by atoms with Gasteiger partial charge in [0.25, 0.3) is 0 Å². The SMILES string of the molecule is Cc1ccnn1CC(=O)Nc1cc(C)n(Cc2ccc(Cl)cc2Cl)n1. The van der Waals surface area contributed by atoms with Gasteiger partial charge in [-0.15, -0.1) is 0 Å². The van der Waals surface area contributed by atoms with Crippen LogP contribution in [0, 0.1) is 13.8 Å². The summed E-state index contributed by atoms with van der Waals surface area (Å²) in [5.41, 5.74) is 2.74. The highest BCUT2D eigenvalue weighted by molar-refractivity contribution is 6.35. The van der Waals surface area contributed by atoms with Crippen LogP contribution in [-0.2, 0) is 17.9 Å². The lowest BCUT2D eigenvalue weighted by molar-refractivity contribution is -0.117. The van der Waals surface area contributed by atoms with Gasteiger partial charge in [-0.05, 0) is 37.6 Å². The molecule has 0 bridgehead atoms. The van der Waals surface area contributed by atoms with Gasteiger partial charge in [-0.25, -0.2) is 0 Å². The zero-order valence-corrected chi connectivity index (χ0v) is 15.3. The summed E-state index contributed by atoms with van der Waals surface area (Å²) in [6.07, 6.45) is 1.66. The first-order valence-electron chi connectivity index (χ1n) is 7.69. The van der Waals surface area contributed by atoms with Crippen molar-refractivity contribution in [3.8, 4) is 0 Å². The van der Waals surface area contributed by atoms with E-state index < -0.39 is 0 Å². The van der Waals surface area contributed by atoms with Gasteiger partial charge in [0.15, 0.2) is 5.82 Å². The molecule has 130 valence electrons. The second-order valence-corrected chi connectivity index (χ2v) is 6.59. The molecule has 0 saturated heterocycles. The molecule has 8 heteroatoms. The molecule has 0 atom stereocenters. The maximum absolute atomic E-state index is 12.1. The van der Waals surface area contributed by atoms with E-state index in [2.05, 4.69) is 15.5 Å². The molecule has 0 spiro atoms. The number of hydrogen-bond donors (Lipinski definition) is 1. The van der Waals surface area contributed by atoms with Crippen molar-refractivity contribution in [2.75, 3.05) is 5.32 Å². The minimum atomic E-state index is -0.180. The largest absolute Gasteiger partial charge is 0.308 e. The number of rotatable bonds is 5. The average Bonchev–Trinajstić information content (AvgIpc) is 3.08. The molecule has 0 aliphatic heterocycles. The summed E-state index contributed by atoms with van der Waals surface area (Å²) in [6, 6.07) is 9.02. The fourth-order valence-corrected chi connectivity index (χ4v) is 2.89. The van der Waals surface area contributed by atoms with Gasteiger partial charge in [-0.1, -0.05) is 29.3 Å². The van der Waals surface area contributed by atoms with E-state index in [9.17, 15) is 4.79 Å². The lowest BCUT2D eigenvalue weighted by atomic mass is 10.2. The summed E-state index contributed by atoms with van der Waals surface area (Å²) >= 11 is 12.1. The van der Waals surface area contributed by atoms with Crippen LogP contribution < -0.4 is 5.32 Å². The van der Waals surface area contributed by atoms with E-state index in [-0.39, 0.29) is 12.5 Å². The van der Waals surface area contributed by atoms with Gasteiger partial charge in [0.2, 0.25) is 5.91 Å². The number of hydrogen-bond acceptors (Lipinski definition) is 3. The van der Waals surface area contributed by atoms with Crippen molar-refractivity contribution in [1.82, 2.24) is 19.6 Å². The van der Waals surface area contributed by atoms with Crippen LogP contribution in [0.4, 0.5) is 5.82 Å². The Morgan fingerprint density at radius 3 is 2.60 bits per heavy atom. The number of carbonyl (C=O) groups excluding carboxylic acids is 1. The summed E-state index contributed by atoms with van der Waals surface area (Å²) < 4.78 is 3.41. The van der Waals surface area contributed by atoms with Crippen molar-refractivity contribution in [2.45, 2.75) is 26.9 Å². The molecule has 1 amide bonds. The first kappa shape index (κ1) is 17.5. The summed E-state index contributed by atoms with van der Waals surface area (Å²) in [7, 11) is 0. The molecule has 0 saturated carbocycles. The number of carbonyl (C=O) groups is 1. The Bertz CT molecular complexity index is 916. The lowest BCUT2D eigenvalue weighted by Gasteiger charge is -2.07. The van der Waals surface area contributed by atoms with E-state index in [1.807, 2.05) is 32.0 Å². The number of aryl methyl sites for hydroxylation is 2. The van der Waals surface area contributed by atoms with Crippen LogP contribution in [0.1, 0.15) is 17.0 Å². The van der Waals surface area contributed by atoms with E-state index in [4.69, 9.17) is 23.2 Å². The van der Waals surface area contributed by atoms with Crippen molar-refractivity contribution >= 4 is 34.9 Å². The van der Waals surface area contributed by atoms with Crippen LogP contribution >= 0.6 is 23.2 Å². The molecule has 2 aromatic heterocycles. The van der Waals surface area contributed by atoms with E-state index >= 15 is 0 Å². The lowest BCUT2D eigenvalue weighted by Crippen LogP contribution is -2.20. The maximum Gasteiger partial charge on any atom is 0.247 e. The van der Waals surface area contributed by atoms with Crippen molar-refractivity contribution in [3.63, 3.8) is 0 Å². The van der Waals surface area contributed by atoms with Crippen LogP contribution in [0.2, 0.25) is 10.0 Å². The Hall–Kier alpha value is -2.31. The molecule has 0 aliphatic rings. The second kappa shape index (κ2) is 7.29. The quantitative estimate of drug-likeness (QED) is 0.737. The molecule has 0 fully saturated rings. The predicted molar refractivity (Wildman–Crippen MR) is 98.1 cm³/mol. The van der Waals surface area contributed by atoms with Gasteiger partial charge >= 0.3 is 0 Å². The molecule has 6 nitrogen and oxygen atoms in total. The summed E-state index contributed by atoms with van der Waals surface area (Å²) in [5, 5.41) is 12.5. The van der Waals surface area contributed by atoms with Gasteiger partial charge < -0.3 is 5.32 Å². The maximum atomic E-state index is 12.1. The number of aromatic nitrogens is 4. The molecule has 0 unspecified atom stereocenters. The third-order valence-electron chi connectivity index (χ3n) is 3.81. The average molecular weight is 378 g/mol. The van der Waals surface area contributed by atoms with Gasteiger partial charge in [0.1, 0.15) is 6.54 Å². The van der Waals surface area contributed by atoms with Crippen molar-refractivity contribution in [2.24, 2.45) is 0 Å². The normalized spacial score (nSPS) is 10.9. The van der Waals surface area contributed by atoms with Crippen LogP contribution in [-0.4, -0.2) is 25.5 Å². The Morgan fingerprint density at radius 2 is 1.92 bits per heavy atom. The number of amides is 1. The van der Waals surface area contributed by atoms with Crippen molar-refractivity contribution in [1.29, 1.82) is 0 Å². The van der Waals surface area contributed by atoms with Gasteiger partial charge in [-0.2, -0.15) is 10.2 Å². The van der Waals surface area contributed by atoms with Crippen molar-refractivity contribution in [3.05, 3.63) is 63.5 Å². The summed E-state index contributed by atoms with van der Waals surface area (Å²) in [6.45, 7) is 4.46. The van der Waals surface area contributed by atoms with Crippen LogP contribution in [0.5, 0.6) is 0 Å². The summed E-state index contributed by atoms with van der Waals surface area (Å²) in [4.78, 5) is 12.1. The van der Waals surface area contributed by atoms with E-state index in [1.54, 1.807) is 27.7 Å². The standard InChI is InChI=1S/C17H17Cl2N5O/c1-11-5-6-20-23(11)10-17(25)21-16-7-12(2)24(22-16)9-13-3-4-14(18)8-15(13)19/h3-8H,9-10H2,1-2H3,(H,21,22,25). The zero-order chi connectivity index (χ0) is 18.0. The number of nitrogens with one attached hydrogen (secondary N) is 1. The van der Waals surface area contributed by atoms with Crippen molar-refractivity contribution < 1.29 is 4.79 Å². The Labute approximate surface area is 155 Å². The topological polar surface area (TPSA) is 64.7 Å². The molecular weight excluding hydrogens is 361 g/mol. The highest BCUT2D eigenvalue weighted by Gasteiger charge is 2.11. The monoisotopic (exact) mass is 377 g/mol. The highest BCUT2D eigenvalue weighted by Crippen LogP contribution is 2.22. The molecule has 1 N–H and O–H groups in total. The number of benzene rings is 1. The molecule has 3 aromatic rings. The molecule has 1 aromatic carbocycles. The zero-order valence-electron chi connectivity index (χ0n) is 13.8.